The van der Waals surface area contributed by atoms with E-state index < -0.39 is 23.5 Å². The van der Waals surface area contributed by atoms with Crippen molar-refractivity contribution < 1.29 is 18.8 Å². The molecule has 1 aliphatic rings. The Morgan fingerprint density at radius 2 is 1.33 bits per heavy atom. The average molecular weight is 360 g/mol. The van der Waals surface area contributed by atoms with Gasteiger partial charge in [0.2, 0.25) is 0 Å². The number of carbonyl (C=O) groups excluding carboxylic acids is 3. The Kier molecular flexibility index (Phi) is 4.01. The summed E-state index contributed by atoms with van der Waals surface area (Å²) in [5.41, 5.74) is 1.37. The Morgan fingerprint density at radius 3 is 1.96 bits per heavy atom. The summed E-state index contributed by atoms with van der Waals surface area (Å²) < 4.78 is 13.0. The van der Waals surface area contributed by atoms with Crippen LogP contribution in [0.15, 0.2) is 72.8 Å². The van der Waals surface area contributed by atoms with Crippen molar-refractivity contribution in [1.82, 2.24) is 0 Å². The van der Waals surface area contributed by atoms with Crippen LogP contribution in [0.2, 0.25) is 0 Å². The molecule has 3 aromatic rings. The van der Waals surface area contributed by atoms with Crippen molar-refractivity contribution in [3.05, 3.63) is 95.3 Å². The molecule has 132 valence electrons. The quantitative estimate of drug-likeness (QED) is 0.721. The number of hydrogen-bond acceptors (Lipinski definition) is 3. The van der Waals surface area contributed by atoms with Crippen molar-refractivity contribution in [2.75, 3.05) is 10.2 Å². The molecule has 0 aromatic heterocycles. The lowest BCUT2D eigenvalue weighted by Crippen LogP contribution is -2.31. The summed E-state index contributed by atoms with van der Waals surface area (Å²) >= 11 is 0. The standard InChI is InChI=1S/C21H13FN2O3/c22-13-9-11-14(12-10-13)23-19(25)17-7-3-4-8-18(17)24-20(26)15-5-1-2-6-16(15)21(24)27/h1-12H,(H,23,25). The fourth-order valence-corrected chi connectivity index (χ4v) is 3.00. The number of amides is 3. The molecule has 0 atom stereocenters. The fraction of sp³-hybridized carbons (Fsp3) is 0. The van der Waals surface area contributed by atoms with Crippen molar-refractivity contribution in [2.45, 2.75) is 0 Å². The number of nitrogens with zero attached hydrogens (tertiary/aromatic N) is 1. The van der Waals surface area contributed by atoms with E-state index in [0.29, 0.717) is 16.8 Å². The van der Waals surface area contributed by atoms with Crippen LogP contribution in [0, 0.1) is 5.82 Å². The van der Waals surface area contributed by atoms with Gasteiger partial charge in [0.05, 0.1) is 22.4 Å². The molecule has 0 saturated heterocycles. The van der Waals surface area contributed by atoms with Gasteiger partial charge in [0, 0.05) is 5.69 Å². The van der Waals surface area contributed by atoms with Crippen LogP contribution >= 0.6 is 0 Å². The minimum absolute atomic E-state index is 0.163. The molecule has 0 bridgehead atoms. The lowest BCUT2D eigenvalue weighted by Gasteiger charge is -2.18. The topological polar surface area (TPSA) is 66.5 Å². The highest BCUT2D eigenvalue weighted by molar-refractivity contribution is 6.35. The van der Waals surface area contributed by atoms with Crippen LogP contribution in [-0.2, 0) is 0 Å². The first-order valence-electron chi connectivity index (χ1n) is 8.20. The third-order valence-electron chi connectivity index (χ3n) is 4.29. The summed E-state index contributed by atoms with van der Waals surface area (Å²) in [6.45, 7) is 0. The van der Waals surface area contributed by atoms with Gasteiger partial charge in [-0.2, -0.15) is 0 Å². The Labute approximate surface area is 154 Å². The van der Waals surface area contributed by atoms with Gasteiger partial charge in [0.1, 0.15) is 5.82 Å². The third kappa shape index (κ3) is 2.87. The molecule has 0 spiro atoms. The van der Waals surface area contributed by atoms with E-state index in [1.165, 1.54) is 30.3 Å². The van der Waals surface area contributed by atoms with Gasteiger partial charge in [-0.15, -0.1) is 0 Å². The number of nitrogens with one attached hydrogen (secondary N) is 1. The number of imide groups is 1. The van der Waals surface area contributed by atoms with Crippen molar-refractivity contribution >= 4 is 29.1 Å². The molecule has 3 amide bonds. The highest BCUT2D eigenvalue weighted by Crippen LogP contribution is 2.31. The first-order chi connectivity index (χ1) is 13.1. The Bertz CT molecular complexity index is 1040. The molecular formula is C21H13FN2O3. The van der Waals surface area contributed by atoms with E-state index in [0.717, 1.165) is 4.90 Å². The maximum atomic E-state index is 13.0. The second-order valence-corrected chi connectivity index (χ2v) is 5.97. The maximum Gasteiger partial charge on any atom is 0.266 e. The molecule has 0 fully saturated rings. The largest absolute Gasteiger partial charge is 0.322 e. The molecule has 1 N–H and O–H groups in total. The normalized spacial score (nSPS) is 12.9. The van der Waals surface area contributed by atoms with E-state index in [-0.39, 0.29) is 11.3 Å². The van der Waals surface area contributed by atoms with Crippen molar-refractivity contribution in [3.8, 4) is 0 Å². The second-order valence-electron chi connectivity index (χ2n) is 5.97. The summed E-state index contributed by atoms with van der Waals surface area (Å²) in [5.74, 6) is -1.87. The van der Waals surface area contributed by atoms with Crippen LogP contribution in [0.1, 0.15) is 31.1 Å². The van der Waals surface area contributed by atoms with Crippen LogP contribution in [0.3, 0.4) is 0 Å². The smallest absolute Gasteiger partial charge is 0.266 e. The van der Waals surface area contributed by atoms with Gasteiger partial charge < -0.3 is 5.32 Å². The monoisotopic (exact) mass is 360 g/mol. The predicted octanol–water partition coefficient (Wildman–Crippen LogP) is 3.88. The summed E-state index contributed by atoms with van der Waals surface area (Å²) in [5, 5.41) is 2.65. The lowest BCUT2D eigenvalue weighted by molar-refractivity contribution is 0.0926. The first-order valence-corrected chi connectivity index (χ1v) is 8.20. The van der Waals surface area contributed by atoms with Gasteiger partial charge in [0.15, 0.2) is 0 Å². The van der Waals surface area contributed by atoms with Gasteiger partial charge in [-0.1, -0.05) is 24.3 Å². The molecule has 0 saturated carbocycles. The van der Waals surface area contributed by atoms with Gasteiger partial charge in [-0.25, -0.2) is 9.29 Å². The molecule has 4 rings (SSSR count). The van der Waals surface area contributed by atoms with Gasteiger partial charge in [-0.05, 0) is 48.5 Å². The third-order valence-corrected chi connectivity index (χ3v) is 4.29. The zero-order chi connectivity index (χ0) is 19.0. The number of rotatable bonds is 3. The summed E-state index contributed by atoms with van der Waals surface area (Å²) in [4.78, 5) is 39.1. The minimum Gasteiger partial charge on any atom is -0.322 e. The second kappa shape index (κ2) is 6.49. The van der Waals surface area contributed by atoms with Crippen LogP contribution < -0.4 is 10.2 Å². The number of hydrogen-bond donors (Lipinski definition) is 1. The fourth-order valence-electron chi connectivity index (χ4n) is 3.00. The number of carbonyl (C=O) groups is 3. The number of benzene rings is 3. The summed E-state index contributed by atoms with van der Waals surface area (Å²) in [7, 11) is 0. The van der Waals surface area contributed by atoms with Crippen molar-refractivity contribution in [1.29, 1.82) is 0 Å². The molecule has 0 aliphatic carbocycles. The Hall–Kier alpha value is -3.80. The maximum absolute atomic E-state index is 13.0. The van der Waals surface area contributed by atoms with Crippen LogP contribution in [0.5, 0.6) is 0 Å². The number of fused-ring (bicyclic) bond motifs is 1. The highest BCUT2D eigenvalue weighted by Gasteiger charge is 2.37. The van der Waals surface area contributed by atoms with Gasteiger partial charge >= 0.3 is 0 Å². The van der Waals surface area contributed by atoms with E-state index in [2.05, 4.69) is 5.32 Å². The first kappa shape index (κ1) is 16.7. The van der Waals surface area contributed by atoms with E-state index in [1.54, 1.807) is 42.5 Å². The van der Waals surface area contributed by atoms with E-state index in [4.69, 9.17) is 0 Å². The van der Waals surface area contributed by atoms with Crippen molar-refractivity contribution in [2.24, 2.45) is 0 Å². The Morgan fingerprint density at radius 1 is 0.778 bits per heavy atom. The molecule has 5 nitrogen and oxygen atoms in total. The molecule has 1 heterocycles. The molecule has 1 aliphatic heterocycles. The molecule has 3 aromatic carbocycles. The van der Waals surface area contributed by atoms with Crippen LogP contribution in [0.4, 0.5) is 15.8 Å². The van der Waals surface area contributed by atoms with Gasteiger partial charge in [0.25, 0.3) is 17.7 Å². The molecule has 0 unspecified atom stereocenters. The molecule has 27 heavy (non-hydrogen) atoms. The predicted molar refractivity (Wildman–Crippen MR) is 98.4 cm³/mol. The summed E-state index contributed by atoms with van der Waals surface area (Å²) in [6, 6.07) is 18.2. The highest BCUT2D eigenvalue weighted by atomic mass is 19.1. The zero-order valence-corrected chi connectivity index (χ0v) is 14.0. The van der Waals surface area contributed by atoms with Gasteiger partial charge in [-0.3, -0.25) is 14.4 Å². The minimum atomic E-state index is -0.506. The van der Waals surface area contributed by atoms with Crippen LogP contribution in [-0.4, -0.2) is 17.7 Å². The molecular weight excluding hydrogens is 347 g/mol. The SMILES string of the molecule is O=C(Nc1ccc(F)cc1)c1ccccc1N1C(=O)c2ccccc2C1=O. The van der Waals surface area contributed by atoms with E-state index in [9.17, 15) is 18.8 Å². The zero-order valence-electron chi connectivity index (χ0n) is 14.0. The van der Waals surface area contributed by atoms with Crippen molar-refractivity contribution in [3.63, 3.8) is 0 Å². The van der Waals surface area contributed by atoms with E-state index in [1.807, 2.05) is 0 Å². The Balaban J connectivity index is 1.70. The summed E-state index contributed by atoms with van der Waals surface area (Å²) in [6.07, 6.45) is 0. The lowest BCUT2D eigenvalue weighted by atomic mass is 10.1. The number of anilines is 2. The number of halogens is 1. The van der Waals surface area contributed by atoms with Crippen LogP contribution in [0.25, 0.3) is 0 Å². The van der Waals surface area contributed by atoms with E-state index >= 15 is 0 Å². The molecule has 6 heteroatoms. The number of para-hydroxylation sites is 1. The average Bonchev–Trinajstić information content (AvgIpc) is 2.94. The molecule has 0 radical (unpaired) electrons.